The van der Waals surface area contributed by atoms with Crippen molar-refractivity contribution in [2.45, 2.75) is 32.1 Å². The molecule has 3 rings (SSSR count). The monoisotopic (exact) mass is 229 g/mol. The van der Waals surface area contributed by atoms with Crippen LogP contribution in [0.1, 0.15) is 30.5 Å². The molecule has 0 unspecified atom stereocenters. The Morgan fingerprint density at radius 2 is 2.00 bits per heavy atom. The molecule has 0 saturated heterocycles. The van der Waals surface area contributed by atoms with Crippen molar-refractivity contribution in [1.82, 2.24) is 19.9 Å². The van der Waals surface area contributed by atoms with Crippen molar-refractivity contribution in [3.05, 3.63) is 23.7 Å². The fourth-order valence-corrected chi connectivity index (χ4v) is 2.29. The van der Waals surface area contributed by atoms with Gasteiger partial charge in [0.05, 0.1) is 0 Å². The van der Waals surface area contributed by atoms with Gasteiger partial charge in [-0.05, 0) is 25.7 Å². The lowest BCUT2D eigenvalue weighted by atomic mass is 10.1. The summed E-state index contributed by atoms with van der Waals surface area (Å²) in [5.74, 6) is 1.90. The van der Waals surface area contributed by atoms with E-state index in [4.69, 9.17) is 5.73 Å². The standard InChI is InChI=1S/C12H15N5/c13-10-8-4-2-1-3-5-9(8)16-12(17-10)11-14-6-7-15-11/h6-7H,1-5H2,(H,14,15)(H2,13,16,17). The van der Waals surface area contributed by atoms with Gasteiger partial charge in [-0.1, -0.05) is 6.42 Å². The van der Waals surface area contributed by atoms with E-state index in [1.165, 1.54) is 19.3 Å². The number of anilines is 1. The number of nitrogens with zero attached hydrogens (tertiary/aromatic N) is 3. The minimum atomic E-state index is 0.605. The van der Waals surface area contributed by atoms with Crippen molar-refractivity contribution >= 4 is 5.82 Å². The maximum atomic E-state index is 6.02. The predicted molar refractivity (Wildman–Crippen MR) is 65.3 cm³/mol. The van der Waals surface area contributed by atoms with E-state index in [-0.39, 0.29) is 0 Å². The summed E-state index contributed by atoms with van der Waals surface area (Å²) in [7, 11) is 0. The minimum Gasteiger partial charge on any atom is -0.383 e. The number of nitrogen functional groups attached to an aromatic ring is 1. The number of imidazole rings is 1. The molecule has 0 aromatic carbocycles. The summed E-state index contributed by atoms with van der Waals surface area (Å²) >= 11 is 0. The van der Waals surface area contributed by atoms with E-state index in [1.807, 2.05) is 0 Å². The summed E-state index contributed by atoms with van der Waals surface area (Å²) in [6.45, 7) is 0. The molecule has 2 aromatic rings. The average Bonchev–Trinajstić information content (AvgIpc) is 2.75. The van der Waals surface area contributed by atoms with Crippen LogP contribution in [0.15, 0.2) is 12.4 Å². The Balaban J connectivity index is 2.09. The van der Waals surface area contributed by atoms with Crippen molar-refractivity contribution in [1.29, 1.82) is 0 Å². The molecular weight excluding hydrogens is 214 g/mol. The number of aromatic nitrogens is 4. The smallest absolute Gasteiger partial charge is 0.197 e. The maximum Gasteiger partial charge on any atom is 0.197 e. The molecule has 5 heteroatoms. The van der Waals surface area contributed by atoms with E-state index in [0.717, 1.165) is 24.1 Å². The van der Waals surface area contributed by atoms with Gasteiger partial charge in [0.2, 0.25) is 0 Å². The van der Waals surface area contributed by atoms with Gasteiger partial charge in [0.25, 0.3) is 0 Å². The van der Waals surface area contributed by atoms with Crippen LogP contribution in [0.2, 0.25) is 0 Å². The summed E-state index contributed by atoms with van der Waals surface area (Å²) in [4.78, 5) is 16.1. The van der Waals surface area contributed by atoms with Crippen LogP contribution in [0, 0.1) is 0 Å². The van der Waals surface area contributed by atoms with Gasteiger partial charge in [0.1, 0.15) is 5.82 Å². The van der Waals surface area contributed by atoms with Gasteiger partial charge in [-0.2, -0.15) is 0 Å². The number of hydrogen-bond acceptors (Lipinski definition) is 4. The third kappa shape index (κ3) is 1.88. The van der Waals surface area contributed by atoms with Gasteiger partial charge in [-0.25, -0.2) is 15.0 Å². The zero-order valence-corrected chi connectivity index (χ0v) is 9.61. The number of nitrogens with one attached hydrogen (secondary N) is 1. The lowest BCUT2D eigenvalue weighted by Crippen LogP contribution is -2.07. The number of hydrogen-bond donors (Lipinski definition) is 2. The minimum absolute atomic E-state index is 0.605. The summed E-state index contributed by atoms with van der Waals surface area (Å²) in [5, 5.41) is 0. The third-order valence-electron chi connectivity index (χ3n) is 3.18. The molecule has 0 radical (unpaired) electrons. The van der Waals surface area contributed by atoms with Crippen molar-refractivity contribution in [2.24, 2.45) is 0 Å². The highest BCUT2D eigenvalue weighted by molar-refractivity contribution is 5.52. The van der Waals surface area contributed by atoms with Gasteiger partial charge in [0.15, 0.2) is 11.6 Å². The predicted octanol–water partition coefficient (Wildman–Crippen LogP) is 1.72. The summed E-state index contributed by atoms with van der Waals surface area (Å²) in [6, 6.07) is 0. The normalized spacial score (nSPS) is 15.3. The zero-order chi connectivity index (χ0) is 11.7. The fourth-order valence-electron chi connectivity index (χ4n) is 2.29. The second kappa shape index (κ2) is 4.16. The topological polar surface area (TPSA) is 80.5 Å². The second-order valence-electron chi connectivity index (χ2n) is 4.36. The Morgan fingerprint density at radius 3 is 2.82 bits per heavy atom. The fraction of sp³-hybridized carbons (Fsp3) is 0.417. The molecule has 0 spiro atoms. The highest BCUT2D eigenvalue weighted by atomic mass is 15.0. The van der Waals surface area contributed by atoms with Gasteiger partial charge in [0, 0.05) is 23.7 Å². The van der Waals surface area contributed by atoms with E-state index >= 15 is 0 Å². The van der Waals surface area contributed by atoms with Gasteiger partial charge >= 0.3 is 0 Å². The Kier molecular flexibility index (Phi) is 2.51. The first-order valence-corrected chi connectivity index (χ1v) is 5.99. The Labute approximate surface area is 99.5 Å². The molecule has 0 aliphatic heterocycles. The molecule has 0 bridgehead atoms. The van der Waals surface area contributed by atoms with Crippen LogP contribution in [0.4, 0.5) is 5.82 Å². The average molecular weight is 229 g/mol. The zero-order valence-electron chi connectivity index (χ0n) is 9.61. The molecule has 1 aliphatic rings. The van der Waals surface area contributed by atoms with Crippen molar-refractivity contribution in [3.63, 3.8) is 0 Å². The number of rotatable bonds is 1. The Hall–Kier alpha value is -1.91. The number of fused-ring (bicyclic) bond motifs is 1. The van der Waals surface area contributed by atoms with Crippen LogP contribution in [-0.2, 0) is 12.8 Å². The van der Waals surface area contributed by atoms with Crippen LogP contribution in [0.5, 0.6) is 0 Å². The van der Waals surface area contributed by atoms with E-state index in [9.17, 15) is 0 Å². The van der Waals surface area contributed by atoms with E-state index in [2.05, 4.69) is 19.9 Å². The Bertz CT molecular complexity index is 518. The quantitative estimate of drug-likeness (QED) is 0.729. The molecule has 0 atom stereocenters. The highest BCUT2D eigenvalue weighted by Crippen LogP contribution is 2.24. The van der Waals surface area contributed by atoms with Crippen LogP contribution >= 0.6 is 0 Å². The first kappa shape index (κ1) is 10.3. The van der Waals surface area contributed by atoms with E-state index in [0.29, 0.717) is 17.5 Å². The summed E-state index contributed by atoms with van der Waals surface area (Å²) in [6.07, 6.45) is 9.06. The number of nitrogens with two attached hydrogens (primary N) is 1. The van der Waals surface area contributed by atoms with Crippen LogP contribution in [0.25, 0.3) is 11.6 Å². The largest absolute Gasteiger partial charge is 0.383 e. The van der Waals surface area contributed by atoms with Crippen molar-refractivity contribution in [2.75, 3.05) is 5.73 Å². The van der Waals surface area contributed by atoms with Crippen LogP contribution in [0.3, 0.4) is 0 Å². The number of aromatic amines is 1. The Morgan fingerprint density at radius 1 is 1.12 bits per heavy atom. The molecule has 0 fully saturated rings. The van der Waals surface area contributed by atoms with Crippen LogP contribution in [-0.4, -0.2) is 19.9 Å². The molecule has 2 heterocycles. The lowest BCUT2D eigenvalue weighted by molar-refractivity contribution is 0.709. The molecule has 17 heavy (non-hydrogen) atoms. The second-order valence-corrected chi connectivity index (χ2v) is 4.36. The van der Waals surface area contributed by atoms with Gasteiger partial charge < -0.3 is 10.7 Å². The van der Waals surface area contributed by atoms with E-state index < -0.39 is 0 Å². The molecule has 1 aliphatic carbocycles. The number of aryl methyl sites for hydroxylation is 1. The molecule has 3 N–H and O–H groups in total. The molecule has 2 aromatic heterocycles. The van der Waals surface area contributed by atoms with Crippen molar-refractivity contribution in [3.8, 4) is 11.6 Å². The summed E-state index contributed by atoms with van der Waals surface area (Å²) in [5.41, 5.74) is 8.26. The SMILES string of the molecule is Nc1nc(-c2ncc[nH]2)nc2c1CCCCC2. The molecule has 0 amide bonds. The van der Waals surface area contributed by atoms with Gasteiger partial charge in [-0.3, -0.25) is 0 Å². The van der Waals surface area contributed by atoms with Crippen molar-refractivity contribution < 1.29 is 0 Å². The molecule has 5 nitrogen and oxygen atoms in total. The van der Waals surface area contributed by atoms with Crippen LogP contribution < -0.4 is 5.73 Å². The maximum absolute atomic E-state index is 6.02. The first-order valence-electron chi connectivity index (χ1n) is 5.99. The summed E-state index contributed by atoms with van der Waals surface area (Å²) < 4.78 is 0. The number of H-pyrrole nitrogens is 1. The molecule has 0 saturated carbocycles. The molecular formula is C12H15N5. The lowest BCUT2D eigenvalue weighted by Gasteiger charge is -2.08. The highest BCUT2D eigenvalue weighted by Gasteiger charge is 2.16. The first-order chi connectivity index (χ1) is 8.34. The third-order valence-corrected chi connectivity index (χ3v) is 3.18. The van der Waals surface area contributed by atoms with Gasteiger partial charge in [-0.15, -0.1) is 0 Å². The molecule has 88 valence electrons. The van der Waals surface area contributed by atoms with E-state index in [1.54, 1.807) is 12.4 Å².